The molecule has 2 nitrogen and oxygen atoms in total. The van der Waals surface area contributed by atoms with Gasteiger partial charge in [0.15, 0.2) is 5.78 Å². The minimum atomic E-state index is -0.290. The lowest BCUT2D eigenvalue weighted by Gasteiger charge is -2.02. The zero-order valence-electron chi connectivity index (χ0n) is 6.85. The summed E-state index contributed by atoms with van der Waals surface area (Å²) in [4.78, 5) is 11.2. The highest BCUT2D eigenvalue weighted by Gasteiger charge is 2.11. The van der Waals surface area contributed by atoms with Crippen molar-refractivity contribution >= 4 is 40.6 Å². The van der Waals surface area contributed by atoms with E-state index >= 15 is 0 Å². The Labute approximate surface area is 96.0 Å². The SMILES string of the molecule is N#Cc1cc(C(=O)CCl)cc(Cl)c1Cl. The molecule has 0 heterocycles. The lowest BCUT2D eigenvalue weighted by molar-refractivity contribution is 0.102. The van der Waals surface area contributed by atoms with Gasteiger partial charge in [-0.2, -0.15) is 5.26 Å². The maximum absolute atomic E-state index is 11.2. The number of halogens is 3. The van der Waals surface area contributed by atoms with E-state index in [1.807, 2.05) is 6.07 Å². The van der Waals surface area contributed by atoms with Crippen LogP contribution in [0.25, 0.3) is 0 Å². The summed E-state index contributed by atoms with van der Waals surface area (Å²) in [6.45, 7) is 0. The molecular formula is C9H4Cl3NO. The highest BCUT2D eigenvalue weighted by molar-refractivity contribution is 6.43. The van der Waals surface area contributed by atoms with Gasteiger partial charge in [-0.1, -0.05) is 23.2 Å². The second-order valence-electron chi connectivity index (χ2n) is 2.49. The third-order valence-electron chi connectivity index (χ3n) is 1.59. The molecule has 0 atom stereocenters. The molecule has 0 spiro atoms. The van der Waals surface area contributed by atoms with Crippen LogP contribution in [0, 0.1) is 11.3 Å². The number of carbonyl (C=O) groups excluding carboxylic acids is 1. The van der Waals surface area contributed by atoms with Crippen LogP contribution in [-0.4, -0.2) is 11.7 Å². The molecule has 0 aliphatic heterocycles. The molecule has 14 heavy (non-hydrogen) atoms. The molecule has 1 aromatic rings. The van der Waals surface area contributed by atoms with Crippen LogP contribution in [0.15, 0.2) is 12.1 Å². The standard InChI is InChI=1S/C9H4Cl3NO/c10-3-8(14)5-1-6(4-13)9(12)7(11)2-5/h1-2H,3H2. The summed E-state index contributed by atoms with van der Waals surface area (Å²) in [5, 5.41) is 9.02. The lowest BCUT2D eigenvalue weighted by atomic mass is 10.1. The van der Waals surface area contributed by atoms with E-state index in [2.05, 4.69) is 0 Å². The number of rotatable bonds is 2. The Balaban J connectivity index is 3.32. The molecule has 0 N–H and O–H groups in total. The van der Waals surface area contributed by atoms with Crippen LogP contribution in [0.2, 0.25) is 10.0 Å². The van der Waals surface area contributed by atoms with E-state index in [9.17, 15) is 4.79 Å². The lowest BCUT2D eigenvalue weighted by Crippen LogP contribution is -2.01. The van der Waals surface area contributed by atoms with E-state index < -0.39 is 0 Å². The van der Waals surface area contributed by atoms with Crippen LogP contribution in [-0.2, 0) is 0 Å². The maximum atomic E-state index is 11.2. The topological polar surface area (TPSA) is 40.9 Å². The van der Waals surface area contributed by atoms with E-state index in [0.717, 1.165) is 0 Å². The summed E-state index contributed by atoms with van der Waals surface area (Å²) in [6, 6.07) is 4.62. The Morgan fingerprint density at radius 3 is 2.57 bits per heavy atom. The first-order chi connectivity index (χ1) is 6.60. The van der Waals surface area contributed by atoms with Crippen molar-refractivity contribution in [3.05, 3.63) is 33.3 Å². The van der Waals surface area contributed by atoms with Crippen molar-refractivity contribution in [2.24, 2.45) is 0 Å². The molecule has 72 valence electrons. The predicted octanol–water partition coefficient (Wildman–Crippen LogP) is 3.29. The monoisotopic (exact) mass is 247 g/mol. The van der Waals surface area contributed by atoms with Crippen molar-refractivity contribution < 1.29 is 4.79 Å². The molecular weight excluding hydrogens is 244 g/mol. The average Bonchev–Trinajstić information content (AvgIpc) is 2.20. The summed E-state index contributed by atoms with van der Waals surface area (Å²) < 4.78 is 0. The number of hydrogen-bond donors (Lipinski definition) is 0. The number of nitrogens with zero attached hydrogens (tertiary/aromatic N) is 1. The van der Waals surface area contributed by atoms with Gasteiger partial charge in [-0.15, -0.1) is 11.6 Å². The van der Waals surface area contributed by atoms with E-state index in [4.69, 9.17) is 40.1 Å². The van der Waals surface area contributed by atoms with Crippen LogP contribution < -0.4 is 0 Å². The van der Waals surface area contributed by atoms with Crippen molar-refractivity contribution in [1.29, 1.82) is 5.26 Å². The Kier molecular flexibility index (Phi) is 3.77. The predicted molar refractivity (Wildman–Crippen MR) is 56.2 cm³/mol. The van der Waals surface area contributed by atoms with E-state index in [1.165, 1.54) is 12.1 Å². The van der Waals surface area contributed by atoms with Crippen LogP contribution in [0.3, 0.4) is 0 Å². The second-order valence-corrected chi connectivity index (χ2v) is 3.54. The maximum Gasteiger partial charge on any atom is 0.177 e. The van der Waals surface area contributed by atoms with Crippen LogP contribution >= 0.6 is 34.8 Å². The number of nitriles is 1. The van der Waals surface area contributed by atoms with Crippen molar-refractivity contribution in [1.82, 2.24) is 0 Å². The Morgan fingerprint density at radius 1 is 1.43 bits per heavy atom. The normalized spacial score (nSPS) is 9.57. The summed E-state index contributed by atoms with van der Waals surface area (Å²) in [5.41, 5.74) is 0.471. The summed E-state index contributed by atoms with van der Waals surface area (Å²) in [5.74, 6) is -0.440. The van der Waals surface area contributed by atoms with Gasteiger partial charge in [-0.25, -0.2) is 0 Å². The van der Waals surface area contributed by atoms with Gasteiger partial charge in [0.2, 0.25) is 0 Å². The zero-order valence-corrected chi connectivity index (χ0v) is 9.12. The van der Waals surface area contributed by atoms with Gasteiger partial charge < -0.3 is 0 Å². The molecule has 0 unspecified atom stereocenters. The Hall–Kier alpha value is -0.750. The molecule has 0 aliphatic carbocycles. The van der Waals surface area contributed by atoms with Gasteiger partial charge >= 0.3 is 0 Å². The molecule has 0 aromatic heterocycles. The van der Waals surface area contributed by atoms with Crippen molar-refractivity contribution in [2.75, 3.05) is 5.88 Å². The Morgan fingerprint density at radius 2 is 2.07 bits per heavy atom. The fourth-order valence-corrected chi connectivity index (χ4v) is 1.43. The van der Waals surface area contributed by atoms with Gasteiger partial charge in [0.25, 0.3) is 0 Å². The molecule has 1 aromatic carbocycles. The van der Waals surface area contributed by atoms with Gasteiger partial charge in [0.1, 0.15) is 6.07 Å². The zero-order chi connectivity index (χ0) is 10.7. The molecule has 0 saturated heterocycles. The first kappa shape index (κ1) is 11.3. The minimum Gasteiger partial charge on any atom is -0.293 e. The first-order valence-electron chi connectivity index (χ1n) is 3.58. The van der Waals surface area contributed by atoms with Gasteiger partial charge in [-0.05, 0) is 12.1 Å². The first-order valence-corrected chi connectivity index (χ1v) is 4.87. The molecule has 0 saturated carbocycles. The highest BCUT2D eigenvalue weighted by atomic mass is 35.5. The molecule has 0 radical (unpaired) electrons. The van der Waals surface area contributed by atoms with E-state index in [-0.39, 0.29) is 27.3 Å². The summed E-state index contributed by atoms with van der Waals surface area (Å²) in [6.07, 6.45) is 0. The van der Waals surface area contributed by atoms with Crippen molar-refractivity contribution in [3.8, 4) is 6.07 Å². The van der Waals surface area contributed by atoms with Crippen molar-refractivity contribution in [2.45, 2.75) is 0 Å². The highest BCUT2D eigenvalue weighted by Crippen LogP contribution is 2.27. The smallest absolute Gasteiger partial charge is 0.177 e. The number of ketones is 1. The fraction of sp³-hybridized carbons (Fsp3) is 0.111. The molecule has 0 amide bonds. The van der Waals surface area contributed by atoms with Crippen LogP contribution in [0.1, 0.15) is 15.9 Å². The number of carbonyl (C=O) groups is 1. The quantitative estimate of drug-likeness (QED) is 0.595. The minimum absolute atomic E-state index is 0.150. The van der Waals surface area contributed by atoms with Crippen molar-refractivity contribution in [3.63, 3.8) is 0 Å². The Bertz CT molecular complexity index is 423. The van der Waals surface area contributed by atoms with Gasteiger partial charge in [0.05, 0.1) is 21.5 Å². The van der Waals surface area contributed by atoms with E-state index in [0.29, 0.717) is 5.56 Å². The molecule has 1 rings (SSSR count). The third kappa shape index (κ3) is 2.19. The van der Waals surface area contributed by atoms with Gasteiger partial charge in [-0.3, -0.25) is 4.79 Å². The fourth-order valence-electron chi connectivity index (χ4n) is 0.909. The molecule has 5 heteroatoms. The number of benzene rings is 1. The van der Waals surface area contributed by atoms with Gasteiger partial charge in [0, 0.05) is 5.56 Å². The summed E-state index contributed by atoms with van der Waals surface area (Å²) >= 11 is 16.8. The number of hydrogen-bond acceptors (Lipinski definition) is 2. The molecule has 0 bridgehead atoms. The largest absolute Gasteiger partial charge is 0.293 e. The van der Waals surface area contributed by atoms with Crippen LogP contribution in [0.5, 0.6) is 0 Å². The number of alkyl halides is 1. The third-order valence-corrected chi connectivity index (χ3v) is 2.64. The average molecular weight is 248 g/mol. The molecule has 0 fully saturated rings. The number of Topliss-reactive ketones (excluding diaryl/α,β-unsaturated/α-hetero) is 1. The van der Waals surface area contributed by atoms with Crippen LogP contribution in [0.4, 0.5) is 0 Å². The summed E-state index contributed by atoms with van der Waals surface area (Å²) in [7, 11) is 0. The molecule has 0 aliphatic rings. The van der Waals surface area contributed by atoms with E-state index in [1.54, 1.807) is 0 Å². The second kappa shape index (κ2) is 4.65.